The third-order valence-electron chi connectivity index (χ3n) is 4.32. The number of nitrogens with one attached hydrogen (secondary N) is 1. The van der Waals surface area contributed by atoms with Crippen LogP contribution in [-0.2, 0) is 14.3 Å². The Morgan fingerprint density at radius 2 is 1.72 bits per heavy atom. The zero-order valence-corrected chi connectivity index (χ0v) is 18.6. The van der Waals surface area contributed by atoms with Crippen LogP contribution < -0.4 is 19.5 Å². The Labute approximate surface area is 189 Å². The molecular formula is C23H22N2O6S. The van der Waals surface area contributed by atoms with Gasteiger partial charge in [-0.05, 0) is 48.5 Å². The van der Waals surface area contributed by atoms with Crippen molar-refractivity contribution in [1.29, 1.82) is 0 Å². The van der Waals surface area contributed by atoms with Gasteiger partial charge in [-0.1, -0.05) is 0 Å². The Hall–Kier alpha value is -3.85. The molecule has 9 heteroatoms. The van der Waals surface area contributed by atoms with Crippen molar-refractivity contribution in [3.63, 3.8) is 0 Å². The highest BCUT2D eigenvalue weighted by molar-refractivity contribution is 7.14. The molecule has 0 aliphatic heterocycles. The van der Waals surface area contributed by atoms with Crippen LogP contribution in [0.4, 0.5) is 5.13 Å². The van der Waals surface area contributed by atoms with Gasteiger partial charge in [-0.2, -0.15) is 0 Å². The number of anilines is 1. The van der Waals surface area contributed by atoms with E-state index < -0.39 is 18.5 Å². The van der Waals surface area contributed by atoms with E-state index in [1.807, 2.05) is 29.6 Å². The minimum atomic E-state index is -0.664. The topological polar surface area (TPSA) is 96.0 Å². The quantitative estimate of drug-likeness (QED) is 0.385. The number of thiazole rings is 1. The molecule has 0 aliphatic carbocycles. The highest BCUT2D eigenvalue weighted by Crippen LogP contribution is 2.27. The first-order valence-corrected chi connectivity index (χ1v) is 10.4. The van der Waals surface area contributed by atoms with E-state index in [9.17, 15) is 9.59 Å². The van der Waals surface area contributed by atoms with E-state index in [2.05, 4.69) is 10.3 Å². The van der Waals surface area contributed by atoms with Gasteiger partial charge in [0.2, 0.25) is 0 Å². The zero-order valence-electron chi connectivity index (χ0n) is 17.8. The van der Waals surface area contributed by atoms with Gasteiger partial charge >= 0.3 is 5.97 Å². The Morgan fingerprint density at radius 3 is 2.41 bits per heavy atom. The molecule has 32 heavy (non-hydrogen) atoms. The fourth-order valence-corrected chi connectivity index (χ4v) is 3.43. The molecule has 0 spiro atoms. The molecular weight excluding hydrogens is 432 g/mol. The highest BCUT2D eigenvalue weighted by Gasteiger charge is 2.10. The van der Waals surface area contributed by atoms with Gasteiger partial charge in [0.05, 0.1) is 27.0 Å². The molecule has 0 radical (unpaired) electrons. The number of benzene rings is 2. The molecule has 0 aliphatic rings. The normalized spacial score (nSPS) is 10.6. The van der Waals surface area contributed by atoms with Gasteiger partial charge in [-0.15, -0.1) is 11.3 Å². The number of amides is 1. The number of hydrogen-bond acceptors (Lipinski definition) is 8. The van der Waals surface area contributed by atoms with Crippen LogP contribution >= 0.6 is 11.3 Å². The van der Waals surface area contributed by atoms with E-state index in [-0.39, 0.29) is 0 Å². The first-order valence-electron chi connectivity index (χ1n) is 9.49. The molecule has 0 saturated heterocycles. The summed E-state index contributed by atoms with van der Waals surface area (Å²) in [6.45, 7) is -0.435. The first-order chi connectivity index (χ1) is 15.5. The zero-order chi connectivity index (χ0) is 22.9. The van der Waals surface area contributed by atoms with Crippen LogP contribution in [-0.4, -0.2) is 44.8 Å². The van der Waals surface area contributed by atoms with Crippen LogP contribution in [0.25, 0.3) is 17.3 Å². The van der Waals surface area contributed by atoms with Crippen molar-refractivity contribution >= 4 is 34.4 Å². The van der Waals surface area contributed by atoms with Gasteiger partial charge in [0.25, 0.3) is 5.91 Å². The number of esters is 1. The van der Waals surface area contributed by atoms with E-state index >= 15 is 0 Å². The van der Waals surface area contributed by atoms with E-state index in [1.165, 1.54) is 30.6 Å². The summed E-state index contributed by atoms with van der Waals surface area (Å²) in [7, 11) is 4.68. The number of carbonyl (C=O) groups is 2. The fraction of sp³-hybridized carbons (Fsp3) is 0.174. The summed E-state index contributed by atoms with van der Waals surface area (Å²) in [4.78, 5) is 28.5. The lowest BCUT2D eigenvalue weighted by atomic mass is 10.1. The van der Waals surface area contributed by atoms with Crippen LogP contribution in [0.2, 0.25) is 0 Å². The molecule has 8 nitrogen and oxygen atoms in total. The standard InChI is InChI=1S/C23H22N2O6S/c1-28-17-7-4-15(5-8-17)19-14-32-23(24-19)25-21(26)13-31-22(27)11-6-16-12-18(29-2)9-10-20(16)30-3/h4-12,14H,13H2,1-3H3,(H,24,25,26)/b11-6+. The maximum Gasteiger partial charge on any atom is 0.331 e. The predicted molar refractivity (Wildman–Crippen MR) is 122 cm³/mol. The fourth-order valence-electron chi connectivity index (χ4n) is 2.69. The smallest absolute Gasteiger partial charge is 0.331 e. The molecule has 0 bridgehead atoms. The molecule has 3 aromatic rings. The van der Waals surface area contributed by atoms with Crippen LogP contribution in [0.3, 0.4) is 0 Å². The van der Waals surface area contributed by atoms with Crippen molar-refractivity contribution in [1.82, 2.24) is 4.98 Å². The average Bonchev–Trinajstić information content (AvgIpc) is 3.29. The van der Waals surface area contributed by atoms with E-state index in [0.717, 1.165) is 17.0 Å². The molecule has 0 unspecified atom stereocenters. The monoisotopic (exact) mass is 454 g/mol. The van der Waals surface area contributed by atoms with Crippen molar-refractivity contribution in [2.75, 3.05) is 33.3 Å². The Balaban J connectivity index is 1.52. The number of ether oxygens (including phenoxy) is 4. The summed E-state index contributed by atoms with van der Waals surface area (Å²) in [6.07, 6.45) is 2.75. The lowest BCUT2D eigenvalue weighted by Crippen LogP contribution is -2.20. The summed E-state index contributed by atoms with van der Waals surface area (Å²) in [5, 5.41) is 4.86. The number of carbonyl (C=O) groups excluding carboxylic acids is 2. The number of hydrogen-bond donors (Lipinski definition) is 1. The van der Waals surface area contributed by atoms with Gasteiger partial charge in [0.15, 0.2) is 11.7 Å². The maximum atomic E-state index is 12.1. The molecule has 1 N–H and O–H groups in total. The molecule has 0 saturated carbocycles. The van der Waals surface area contributed by atoms with Crippen LogP contribution in [0.5, 0.6) is 17.2 Å². The third-order valence-corrected chi connectivity index (χ3v) is 5.08. The third kappa shape index (κ3) is 6.08. The van der Waals surface area contributed by atoms with Gasteiger partial charge in [0, 0.05) is 22.6 Å². The summed E-state index contributed by atoms with van der Waals surface area (Å²) >= 11 is 1.28. The second-order valence-corrected chi connectivity index (χ2v) is 7.22. The van der Waals surface area contributed by atoms with E-state index in [1.54, 1.807) is 32.4 Å². The molecule has 1 heterocycles. The first kappa shape index (κ1) is 22.8. The molecule has 1 amide bonds. The second kappa shape index (κ2) is 11.0. The maximum absolute atomic E-state index is 12.1. The Kier molecular flexibility index (Phi) is 7.82. The Bertz CT molecular complexity index is 1110. The Morgan fingerprint density at radius 1 is 1.00 bits per heavy atom. The van der Waals surface area contributed by atoms with Crippen LogP contribution in [0.1, 0.15) is 5.56 Å². The van der Waals surface area contributed by atoms with Gasteiger partial charge in [0.1, 0.15) is 17.2 Å². The van der Waals surface area contributed by atoms with Crippen molar-refractivity contribution in [2.45, 2.75) is 0 Å². The van der Waals surface area contributed by atoms with Gasteiger partial charge in [-0.3, -0.25) is 10.1 Å². The molecule has 1 aromatic heterocycles. The van der Waals surface area contributed by atoms with Crippen LogP contribution in [0.15, 0.2) is 53.9 Å². The summed E-state index contributed by atoms with van der Waals surface area (Å²) < 4.78 is 20.6. The molecule has 2 aromatic carbocycles. The second-order valence-electron chi connectivity index (χ2n) is 6.36. The average molecular weight is 455 g/mol. The minimum absolute atomic E-state index is 0.411. The van der Waals surface area contributed by atoms with Crippen molar-refractivity contribution in [3.8, 4) is 28.5 Å². The van der Waals surface area contributed by atoms with Crippen molar-refractivity contribution in [2.24, 2.45) is 0 Å². The summed E-state index contributed by atoms with van der Waals surface area (Å²) in [5.41, 5.74) is 2.26. The molecule has 0 fully saturated rings. The van der Waals surface area contributed by atoms with Gasteiger partial charge in [-0.25, -0.2) is 9.78 Å². The summed E-state index contributed by atoms with van der Waals surface area (Å²) in [5.74, 6) is 0.794. The molecule has 0 atom stereocenters. The number of rotatable bonds is 9. The number of aromatic nitrogens is 1. The largest absolute Gasteiger partial charge is 0.497 e. The molecule has 3 rings (SSSR count). The predicted octanol–water partition coefficient (Wildman–Crippen LogP) is 4.03. The summed E-state index contributed by atoms with van der Waals surface area (Å²) in [6, 6.07) is 12.6. The lowest BCUT2D eigenvalue weighted by molar-refractivity contribution is -0.142. The highest BCUT2D eigenvalue weighted by atomic mass is 32.1. The lowest BCUT2D eigenvalue weighted by Gasteiger charge is -2.07. The van der Waals surface area contributed by atoms with Crippen LogP contribution in [0, 0.1) is 0 Å². The molecule has 166 valence electrons. The van der Waals surface area contributed by atoms with Crippen molar-refractivity contribution in [3.05, 3.63) is 59.5 Å². The van der Waals surface area contributed by atoms with Gasteiger partial charge < -0.3 is 18.9 Å². The number of nitrogens with zero attached hydrogens (tertiary/aromatic N) is 1. The number of methoxy groups -OCH3 is 3. The SMILES string of the molecule is COc1ccc(-c2csc(NC(=O)COC(=O)/C=C/c3cc(OC)ccc3OC)n2)cc1. The van der Waals surface area contributed by atoms with E-state index in [4.69, 9.17) is 18.9 Å². The van der Waals surface area contributed by atoms with E-state index in [0.29, 0.717) is 22.2 Å². The van der Waals surface area contributed by atoms with Crippen molar-refractivity contribution < 1.29 is 28.5 Å². The minimum Gasteiger partial charge on any atom is -0.497 e.